The number of barbiturate groups is 1. The van der Waals surface area contributed by atoms with Gasteiger partial charge in [0.1, 0.15) is 11.4 Å². The predicted octanol–water partition coefficient (Wildman–Crippen LogP) is 4.66. The summed E-state index contributed by atoms with van der Waals surface area (Å²) in [5.74, 6) is -1.80. The topological polar surface area (TPSA) is 71.4 Å². The van der Waals surface area contributed by atoms with Crippen LogP contribution in [0.25, 0.3) is 11.8 Å². The number of anilines is 1. The zero-order valence-corrected chi connectivity index (χ0v) is 18.2. The number of imide groups is 2. The Morgan fingerprint density at radius 3 is 2.19 bits per heavy atom. The van der Waals surface area contributed by atoms with Crippen molar-refractivity contribution in [1.29, 1.82) is 0 Å². The first-order valence-electron chi connectivity index (χ1n) is 9.38. The van der Waals surface area contributed by atoms with Crippen molar-refractivity contribution >= 4 is 45.5 Å². The normalized spacial score (nSPS) is 15.5. The van der Waals surface area contributed by atoms with E-state index in [9.17, 15) is 18.8 Å². The van der Waals surface area contributed by atoms with Gasteiger partial charge in [-0.1, -0.05) is 15.9 Å². The fourth-order valence-electron chi connectivity index (χ4n) is 3.56. The third-order valence-electron chi connectivity index (χ3n) is 5.04. The van der Waals surface area contributed by atoms with Crippen LogP contribution in [0.5, 0.6) is 0 Å². The number of halogens is 2. The van der Waals surface area contributed by atoms with Crippen LogP contribution in [0.4, 0.5) is 14.9 Å². The highest BCUT2D eigenvalue weighted by Gasteiger charge is 2.37. The zero-order chi connectivity index (χ0) is 22.3. The molecule has 0 spiro atoms. The molecule has 0 saturated carbocycles. The zero-order valence-electron chi connectivity index (χ0n) is 16.6. The van der Waals surface area contributed by atoms with E-state index in [-0.39, 0.29) is 11.4 Å². The molecule has 4 amide bonds. The second kappa shape index (κ2) is 7.96. The number of hydrogen-bond donors (Lipinski definition) is 1. The largest absolute Gasteiger partial charge is 0.335 e. The van der Waals surface area contributed by atoms with Gasteiger partial charge in [0.05, 0.1) is 5.69 Å². The van der Waals surface area contributed by atoms with Gasteiger partial charge >= 0.3 is 6.03 Å². The van der Waals surface area contributed by atoms with Crippen LogP contribution < -0.4 is 10.2 Å². The van der Waals surface area contributed by atoms with E-state index >= 15 is 0 Å². The fraction of sp³-hybridized carbons (Fsp3) is 0.0870. The van der Waals surface area contributed by atoms with Gasteiger partial charge in [0, 0.05) is 21.5 Å². The summed E-state index contributed by atoms with van der Waals surface area (Å²) in [7, 11) is 0. The second-order valence-electron chi connectivity index (χ2n) is 7.07. The highest BCUT2D eigenvalue weighted by atomic mass is 79.9. The van der Waals surface area contributed by atoms with Crippen LogP contribution in [0.2, 0.25) is 0 Å². The molecule has 4 rings (SSSR count). The van der Waals surface area contributed by atoms with E-state index in [0.717, 1.165) is 26.4 Å². The summed E-state index contributed by atoms with van der Waals surface area (Å²) in [6.45, 7) is 3.71. The number of urea groups is 1. The number of benzene rings is 2. The summed E-state index contributed by atoms with van der Waals surface area (Å²) < 4.78 is 16.0. The number of carbonyl (C=O) groups is 3. The predicted molar refractivity (Wildman–Crippen MR) is 118 cm³/mol. The Morgan fingerprint density at radius 1 is 0.935 bits per heavy atom. The Labute approximate surface area is 186 Å². The molecule has 1 aliphatic rings. The van der Waals surface area contributed by atoms with E-state index in [1.807, 2.05) is 24.5 Å². The maximum atomic E-state index is 13.3. The minimum Gasteiger partial charge on any atom is -0.318 e. The molecule has 3 aromatic rings. The summed E-state index contributed by atoms with van der Waals surface area (Å²) in [6, 6.07) is 13.7. The number of hydrogen-bond acceptors (Lipinski definition) is 3. The summed E-state index contributed by atoms with van der Waals surface area (Å²) in [5, 5.41) is 2.22. The average molecular weight is 482 g/mol. The summed E-state index contributed by atoms with van der Waals surface area (Å²) in [5.41, 5.74) is 3.21. The van der Waals surface area contributed by atoms with Crippen LogP contribution in [0.3, 0.4) is 0 Å². The van der Waals surface area contributed by atoms with Crippen LogP contribution in [-0.4, -0.2) is 22.4 Å². The number of aryl methyl sites for hydroxylation is 1. The first-order valence-corrected chi connectivity index (χ1v) is 10.2. The Balaban J connectivity index is 1.75. The maximum absolute atomic E-state index is 13.3. The number of nitrogens with one attached hydrogen (secondary N) is 1. The van der Waals surface area contributed by atoms with Crippen molar-refractivity contribution in [3.8, 4) is 5.69 Å². The SMILES string of the molecule is Cc1cc(C=C2C(=O)NC(=O)N(c3ccc(Br)cc3)C2=O)c(C)n1-c1ccc(F)cc1. The molecule has 0 bridgehead atoms. The van der Waals surface area contributed by atoms with Gasteiger partial charge in [-0.05, 0) is 80.1 Å². The van der Waals surface area contributed by atoms with E-state index in [1.54, 1.807) is 36.4 Å². The van der Waals surface area contributed by atoms with Crippen molar-refractivity contribution in [1.82, 2.24) is 9.88 Å². The highest BCUT2D eigenvalue weighted by molar-refractivity contribution is 9.10. The molecule has 1 N–H and O–H groups in total. The lowest BCUT2D eigenvalue weighted by Crippen LogP contribution is -2.54. The molecule has 0 radical (unpaired) electrons. The van der Waals surface area contributed by atoms with Crippen LogP contribution in [-0.2, 0) is 9.59 Å². The van der Waals surface area contributed by atoms with Gasteiger partial charge in [-0.15, -0.1) is 0 Å². The molecular weight excluding hydrogens is 465 g/mol. The van der Waals surface area contributed by atoms with Crippen LogP contribution in [0, 0.1) is 19.7 Å². The molecule has 2 aromatic carbocycles. The van der Waals surface area contributed by atoms with E-state index in [4.69, 9.17) is 0 Å². The summed E-state index contributed by atoms with van der Waals surface area (Å²) >= 11 is 3.31. The Morgan fingerprint density at radius 2 is 1.55 bits per heavy atom. The lowest BCUT2D eigenvalue weighted by molar-refractivity contribution is -0.122. The monoisotopic (exact) mass is 481 g/mol. The molecule has 8 heteroatoms. The minimum atomic E-state index is -0.800. The van der Waals surface area contributed by atoms with Crippen molar-refractivity contribution in [3.05, 3.63) is 87.4 Å². The first kappa shape index (κ1) is 20.7. The number of rotatable bonds is 3. The van der Waals surface area contributed by atoms with E-state index in [0.29, 0.717) is 11.3 Å². The lowest BCUT2D eigenvalue weighted by atomic mass is 10.1. The molecule has 2 heterocycles. The molecule has 1 aromatic heterocycles. The molecule has 0 atom stereocenters. The van der Waals surface area contributed by atoms with Gasteiger partial charge in [-0.25, -0.2) is 14.1 Å². The quantitative estimate of drug-likeness (QED) is 0.436. The summed E-state index contributed by atoms with van der Waals surface area (Å²) in [4.78, 5) is 38.8. The highest BCUT2D eigenvalue weighted by Crippen LogP contribution is 2.26. The molecule has 156 valence electrons. The minimum absolute atomic E-state index is 0.151. The van der Waals surface area contributed by atoms with Crippen molar-refractivity contribution in [2.24, 2.45) is 0 Å². The smallest absolute Gasteiger partial charge is 0.318 e. The molecule has 31 heavy (non-hydrogen) atoms. The van der Waals surface area contributed by atoms with Crippen molar-refractivity contribution in [2.45, 2.75) is 13.8 Å². The number of aromatic nitrogens is 1. The molecule has 6 nitrogen and oxygen atoms in total. The molecule has 0 unspecified atom stereocenters. The van der Waals surface area contributed by atoms with Gasteiger partial charge in [-0.2, -0.15) is 0 Å². The van der Waals surface area contributed by atoms with Gasteiger partial charge in [0.25, 0.3) is 11.8 Å². The van der Waals surface area contributed by atoms with Crippen molar-refractivity contribution in [3.63, 3.8) is 0 Å². The Bertz CT molecular complexity index is 1240. The third kappa shape index (κ3) is 3.82. The number of carbonyl (C=O) groups excluding carboxylic acids is 3. The molecule has 0 aliphatic carbocycles. The Hall–Kier alpha value is -3.52. The number of amides is 4. The molecule has 1 fully saturated rings. The summed E-state index contributed by atoms with van der Waals surface area (Å²) in [6.07, 6.45) is 1.47. The average Bonchev–Trinajstić information content (AvgIpc) is 3.00. The van der Waals surface area contributed by atoms with Gasteiger partial charge in [0.15, 0.2) is 0 Å². The van der Waals surface area contributed by atoms with Gasteiger partial charge in [-0.3, -0.25) is 14.9 Å². The van der Waals surface area contributed by atoms with Gasteiger partial charge in [0.2, 0.25) is 0 Å². The maximum Gasteiger partial charge on any atom is 0.335 e. The lowest BCUT2D eigenvalue weighted by Gasteiger charge is -2.26. The standard InChI is InChI=1S/C23H17BrFN3O3/c1-13-11-15(14(2)27(13)18-9-5-17(25)6-10-18)12-20-21(29)26-23(31)28(22(20)30)19-7-3-16(24)4-8-19/h3-12H,1-2H3,(H,26,29,31). The van der Waals surface area contributed by atoms with E-state index in [2.05, 4.69) is 21.2 Å². The van der Waals surface area contributed by atoms with Gasteiger partial charge < -0.3 is 4.57 Å². The van der Waals surface area contributed by atoms with Crippen LogP contribution in [0.15, 0.2) is 64.6 Å². The van der Waals surface area contributed by atoms with Crippen molar-refractivity contribution < 1.29 is 18.8 Å². The number of nitrogens with zero attached hydrogens (tertiary/aromatic N) is 2. The third-order valence-corrected chi connectivity index (χ3v) is 5.57. The molecule has 1 aliphatic heterocycles. The fourth-order valence-corrected chi connectivity index (χ4v) is 3.82. The van der Waals surface area contributed by atoms with E-state index < -0.39 is 17.8 Å². The van der Waals surface area contributed by atoms with Crippen LogP contribution >= 0.6 is 15.9 Å². The van der Waals surface area contributed by atoms with E-state index in [1.165, 1.54) is 18.2 Å². The molecule has 1 saturated heterocycles. The Kier molecular flexibility index (Phi) is 5.32. The second-order valence-corrected chi connectivity index (χ2v) is 7.99. The first-order chi connectivity index (χ1) is 14.8. The van der Waals surface area contributed by atoms with Crippen LogP contribution in [0.1, 0.15) is 17.0 Å². The van der Waals surface area contributed by atoms with Crippen molar-refractivity contribution in [2.75, 3.05) is 4.90 Å². The molecular formula is C23H17BrFN3O3.